The van der Waals surface area contributed by atoms with E-state index < -0.39 is 0 Å². The monoisotopic (exact) mass is 319 g/mol. The van der Waals surface area contributed by atoms with E-state index in [-0.39, 0.29) is 5.91 Å². The van der Waals surface area contributed by atoms with Gasteiger partial charge in [0.25, 0.3) is 5.91 Å². The molecule has 0 saturated carbocycles. The number of anilines is 1. The van der Waals surface area contributed by atoms with E-state index >= 15 is 0 Å². The number of carbonyl (C=O) groups excluding carboxylic acids is 1. The van der Waals surface area contributed by atoms with Gasteiger partial charge in [0.05, 0.1) is 17.3 Å². The number of hydrogen-bond acceptors (Lipinski definition) is 4. The zero-order chi connectivity index (χ0) is 16.2. The standard InChI is InChI=1S/C18H13N3OS/c1-12-2-6-14(7-3-12)16-11-23-18(20-16)21-17(22)15-8-4-13(10-19)5-9-15/h2-9,11H,1H3,(H,20,21,22). The summed E-state index contributed by atoms with van der Waals surface area (Å²) in [6.07, 6.45) is 0. The van der Waals surface area contributed by atoms with Crippen molar-refractivity contribution < 1.29 is 4.79 Å². The van der Waals surface area contributed by atoms with Gasteiger partial charge in [-0.15, -0.1) is 11.3 Å². The largest absolute Gasteiger partial charge is 0.298 e. The quantitative estimate of drug-likeness (QED) is 0.785. The van der Waals surface area contributed by atoms with Gasteiger partial charge in [-0.05, 0) is 31.2 Å². The van der Waals surface area contributed by atoms with E-state index in [2.05, 4.69) is 10.3 Å². The lowest BCUT2D eigenvalue weighted by Gasteiger charge is -2.01. The van der Waals surface area contributed by atoms with Gasteiger partial charge in [-0.1, -0.05) is 29.8 Å². The summed E-state index contributed by atoms with van der Waals surface area (Å²) in [7, 11) is 0. The summed E-state index contributed by atoms with van der Waals surface area (Å²) in [6.45, 7) is 2.04. The van der Waals surface area contributed by atoms with Crippen molar-refractivity contribution in [2.45, 2.75) is 6.92 Å². The molecule has 0 aliphatic rings. The van der Waals surface area contributed by atoms with E-state index in [9.17, 15) is 4.79 Å². The molecule has 1 N–H and O–H groups in total. The van der Waals surface area contributed by atoms with Gasteiger partial charge in [-0.2, -0.15) is 5.26 Å². The fourth-order valence-corrected chi connectivity index (χ4v) is 2.77. The fourth-order valence-electron chi connectivity index (χ4n) is 2.05. The molecule has 0 fully saturated rings. The zero-order valence-corrected chi connectivity index (χ0v) is 13.2. The van der Waals surface area contributed by atoms with Crippen molar-refractivity contribution in [3.63, 3.8) is 0 Å². The Kier molecular flexibility index (Phi) is 4.18. The van der Waals surface area contributed by atoms with Crippen molar-refractivity contribution in [2.75, 3.05) is 5.32 Å². The van der Waals surface area contributed by atoms with Crippen LogP contribution in [0.4, 0.5) is 5.13 Å². The molecule has 0 aliphatic carbocycles. The van der Waals surface area contributed by atoms with Crippen molar-refractivity contribution >= 4 is 22.4 Å². The maximum Gasteiger partial charge on any atom is 0.257 e. The second-order valence-corrected chi connectivity index (χ2v) is 5.91. The Bertz CT molecular complexity index is 874. The van der Waals surface area contributed by atoms with Crippen molar-refractivity contribution in [3.05, 3.63) is 70.6 Å². The molecule has 3 rings (SSSR count). The van der Waals surface area contributed by atoms with Crippen molar-refractivity contribution in [2.24, 2.45) is 0 Å². The summed E-state index contributed by atoms with van der Waals surface area (Å²) in [6, 6.07) is 16.6. The second kappa shape index (κ2) is 6.42. The molecule has 0 bridgehead atoms. The van der Waals surface area contributed by atoms with Crippen LogP contribution in [0, 0.1) is 18.3 Å². The van der Waals surface area contributed by atoms with Crippen molar-refractivity contribution in [1.82, 2.24) is 4.98 Å². The van der Waals surface area contributed by atoms with E-state index in [1.54, 1.807) is 24.3 Å². The summed E-state index contributed by atoms with van der Waals surface area (Å²) < 4.78 is 0. The summed E-state index contributed by atoms with van der Waals surface area (Å²) in [5.74, 6) is -0.237. The van der Waals surface area contributed by atoms with E-state index in [1.165, 1.54) is 16.9 Å². The van der Waals surface area contributed by atoms with Crippen LogP contribution in [-0.2, 0) is 0 Å². The number of amides is 1. The number of carbonyl (C=O) groups is 1. The van der Waals surface area contributed by atoms with Gasteiger partial charge in [-0.3, -0.25) is 10.1 Å². The first-order valence-electron chi connectivity index (χ1n) is 7.00. The van der Waals surface area contributed by atoms with Gasteiger partial charge < -0.3 is 0 Å². The lowest BCUT2D eigenvalue weighted by atomic mass is 10.1. The molecular formula is C18H13N3OS. The molecule has 23 heavy (non-hydrogen) atoms. The Balaban J connectivity index is 1.74. The fraction of sp³-hybridized carbons (Fsp3) is 0.0556. The van der Waals surface area contributed by atoms with Crippen LogP contribution in [0.25, 0.3) is 11.3 Å². The number of hydrogen-bond donors (Lipinski definition) is 1. The molecule has 0 atom stereocenters. The van der Waals surface area contributed by atoms with E-state index in [1.807, 2.05) is 42.6 Å². The van der Waals surface area contributed by atoms with E-state index in [4.69, 9.17) is 5.26 Å². The number of thiazole rings is 1. The SMILES string of the molecule is Cc1ccc(-c2csc(NC(=O)c3ccc(C#N)cc3)n2)cc1. The van der Waals surface area contributed by atoms with Gasteiger partial charge in [0.1, 0.15) is 0 Å². The smallest absolute Gasteiger partial charge is 0.257 e. The molecule has 1 aromatic heterocycles. The first kappa shape index (κ1) is 14.9. The van der Waals surface area contributed by atoms with Gasteiger partial charge in [0, 0.05) is 16.5 Å². The average Bonchev–Trinajstić information content (AvgIpc) is 3.04. The minimum absolute atomic E-state index is 0.237. The molecule has 5 heteroatoms. The Labute approximate surface area is 138 Å². The predicted molar refractivity (Wildman–Crippen MR) is 91.4 cm³/mol. The number of benzene rings is 2. The van der Waals surface area contributed by atoms with Crippen molar-refractivity contribution in [3.8, 4) is 17.3 Å². The molecule has 0 spiro atoms. The predicted octanol–water partition coefficient (Wildman–Crippen LogP) is 4.24. The highest BCUT2D eigenvalue weighted by molar-refractivity contribution is 7.14. The molecule has 0 radical (unpaired) electrons. The average molecular weight is 319 g/mol. The Morgan fingerprint density at radius 3 is 2.48 bits per heavy atom. The highest BCUT2D eigenvalue weighted by Crippen LogP contribution is 2.25. The number of nitrogens with one attached hydrogen (secondary N) is 1. The van der Waals surface area contributed by atoms with Crippen LogP contribution >= 0.6 is 11.3 Å². The van der Waals surface area contributed by atoms with Crippen LogP contribution in [0.15, 0.2) is 53.9 Å². The highest BCUT2D eigenvalue weighted by atomic mass is 32.1. The number of aryl methyl sites for hydroxylation is 1. The molecular weight excluding hydrogens is 306 g/mol. The summed E-state index contributed by atoms with van der Waals surface area (Å²) in [5, 5.41) is 14.0. The first-order valence-corrected chi connectivity index (χ1v) is 7.88. The maximum atomic E-state index is 12.2. The third-order valence-corrected chi connectivity index (χ3v) is 4.11. The summed E-state index contributed by atoms with van der Waals surface area (Å²) in [5.41, 5.74) is 4.07. The lowest BCUT2D eigenvalue weighted by molar-refractivity contribution is 0.102. The van der Waals surface area contributed by atoms with Crippen LogP contribution in [0.2, 0.25) is 0 Å². The Morgan fingerprint density at radius 1 is 1.13 bits per heavy atom. The highest BCUT2D eigenvalue weighted by Gasteiger charge is 2.10. The van der Waals surface area contributed by atoms with Crippen LogP contribution in [0.1, 0.15) is 21.5 Å². The minimum atomic E-state index is -0.237. The molecule has 112 valence electrons. The number of nitrogens with zero attached hydrogens (tertiary/aromatic N) is 2. The van der Waals surface area contributed by atoms with Crippen LogP contribution < -0.4 is 5.32 Å². The second-order valence-electron chi connectivity index (χ2n) is 5.05. The molecule has 0 unspecified atom stereocenters. The lowest BCUT2D eigenvalue weighted by Crippen LogP contribution is -2.11. The number of nitriles is 1. The third kappa shape index (κ3) is 3.44. The molecule has 0 saturated heterocycles. The van der Waals surface area contributed by atoms with Gasteiger partial charge in [0.15, 0.2) is 5.13 Å². The van der Waals surface area contributed by atoms with Crippen LogP contribution in [-0.4, -0.2) is 10.9 Å². The molecule has 3 aromatic rings. The Hall–Kier alpha value is -2.97. The zero-order valence-electron chi connectivity index (χ0n) is 12.4. The number of aromatic nitrogens is 1. The maximum absolute atomic E-state index is 12.2. The van der Waals surface area contributed by atoms with Gasteiger partial charge in [-0.25, -0.2) is 4.98 Å². The van der Waals surface area contributed by atoms with E-state index in [0.717, 1.165) is 11.3 Å². The van der Waals surface area contributed by atoms with Gasteiger partial charge in [0.2, 0.25) is 0 Å². The van der Waals surface area contributed by atoms with Crippen LogP contribution in [0.3, 0.4) is 0 Å². The summed E-state index contributed by atoms with van der Waals surface area (Å²) in [4.78, 5) is 16.6. The molecule has 0 aliphatic heterocycles. The van der Waals surface area contributed by atoms with Crippen LogP contribution in [0.5, 0.6) is 0 Å². The first-order chi connectivity index (χ1) is 11.2. The minimum Gasteiger partial charge on any atom is -0.298 e. The molecule has 1 amide bonds. The molecule has 2 aromatic carbocycles. The van der Waals surface area contributed by atoms with Gasteiger partial charge >= 0.3 is 0 Å². The third-order valence-electron chi connectivity index (χ3n) is 3.35. The number of rotatable bonds is 3. The summed E-state index contributed by atoms with van der Waals surface area (Å²) >= 11 is 1.38. The molecule has 1 heterocycles. The normalized spacial score (nSPS) is 10.1. The van der Waals surface area contributed by atoms with Crippen molar-refractivity contribution in [1.29, 1.82) is 5.26 Å². The molecule has 4 nitrogen and oxygen atoms in total. The van der Waals surface area contributed by atoms with E-state index in [0.29, 0.717) is 16.3 Å². The topological polar surface area (TPSA) is 65.8 Å². The Morgan fingerprint density at radius 2 is 1.83 bits per heavy atom.